The van der Waals surface area contributed by atoms with Gasteiger partial charge in [0.15, 0.2) is 5.25 Å². The van der Waals surface area contributed by atoms with E-state index in [4.69, 9.17) is 9.47 Å². The predicted octanol–water partition coefficient (Wildman–Crippen LogP) is 3.91. The van der Waals surface area contributed by atoms with E-state index >= 15 is 0 Å². The van der Waals surface area contributed by atoms with Crippen LogP contribution in [0.15, 0.2) is 0 Å². The molecule has 0 aromatic rings. The SMILES string of the molecule is CCCCCCCCCCOC(=O)C(CC(=O)OCCC(C)C)S(=O)(=O)O. The molecule has 0 saturated heterocycles. The molecule has 0 aromatic heterocycles. The fourth-order valence-corrected chi connectivity index (χ4v) is 3.09. The van der Waals surface area contributed by atoms with Crippen LogP contribution in [-0.4, -0.2) is 43.4 Å². The van der Waals surface area contributed by atoms with Gasteiger partial charge in [-0.3, -0.25) is 14.1 Å². The summed E-state index contributed by atoms with van der Waals surface area (Å²) in [5.41, 5.74) is 0. The zero-order valence-electron chi connectivity index (χ0n) is 16.9. The molecule has 0 aliphatic rings. The Balaban J connectivity index is 4.16. The van der Waals surface area contributed by atoms with Crippen LogP contribution in [-0.2, 0) is 29.2 Å². The van der Waals surface area contributed by atoms with Crippen LogP contribution >= 0.6 is 0 Å². The fraction of sp³-hybridized carbons (Fsp3) is 0.895. The molecule has 1 atom stereocenters. The zero-order valence-corrected chi connectivity index (χ0v) is 17.8. The number of carbonyl (C=O) groups is 2. The van der Waals surface area contributed by atoms with Gasteiger partial charge in [0.05, 0.1) is 19.6 Å². The molecule has 1 N–H and O–H groups in total. The van der Waals surface area contributed by atoms with Crippen LogP contribution in [0.5, 0.6) is 0 Å². The van der Waals surface area contributed by atoms with Gasteiger partial charge in [-0.05, 0) is 18.8 Å². The van der Waals surface area contributed by atoms with Crippen molar-refractivity contribution in [2.75, 3.05) is 13.2 Å². The van der Waals surface area contributed by atoms with Gasteiger partial charge in [-0.1, -0.05) is 65.7 Å². The zero-order chi connectivity index (χ0) is 20.7. The maximum Gasteiger partial charge on any atom is 0.327 e. The molecular formula is C19H36O7S. The number of hydrogen-bond acceptors (Lipinski definition) is 6. The molecule has 8 heteroatoms. The van der Waals surface area contributed by atoms with E-state index in [0.29, 0.717) is 18.8 Å². The number of ether oxygens (including phenoxy) is 2. The summed E-state index contributed by atoms with van der Waals surface area (Å²) in [5.74, 6) is -1.63. The summed E-state index contributed by atoms with van der Waals surface area (Å²) in [6.45, 7) is 6.29. The summed E-state index contributed by atoms with van der Waals surface area (Å²) in [6, 6.07) is 0. The summed E-state index contributed by atoms with van der Waals surface area (Å²) < 4.78 is 41.9. The highest BCUT2D eigenvalue weighted by Crippen LogP contribution is 2.12. The highest BCUT2D eigenvalue weighted by Gasteiger charge is 2.35. The van der Waals surface area contributed by atoms with Crippen LogP contribution in [0.1, 0.15) is 85.0 Å². The van der Waals surface area contributed by atoms with Crippen molar-refractivity contribution in [3.05, 3.63) is 0 Å². The molecule has 0 saturated carbocycles. The van der Waals surface area contributed by atoms with Crippen molar-refractivity contribution < 1.29 is 32.0 Å². The number of rotatable bonds is 16. The van der Waals surface area contributed by atoms with Crippen molar-refractivity contribution in [1.82, 2.24) is 0 Å². The minimum absolute atomic E-state index is 0.0716. The first-order valence-corrected chi connectivity index (χ1v) is 11.5. The van der Waals surface area contributed by atoms with Crippen molar-refractivity contribution >= 4 is 22.1 Å². The average Bonchev–Trinajstić information content (AvgIpc) is 2.56. The van der Waals surface area contributed by atoms with Crippen LogP contribution in [0.3, 0.4) is 0 Å². The van der Waals surface area contributed by atoms with E-state index in [1.54, 1.807) is 0 Å². The Morgan fingerprint density at radius 1 is 0.889 bits per heavy atom. The van der Waals surface area contributed by atoms with E-state index in [2.05, 4.69) is 6.92 Å². The lowest BCUT2D eigenvalue weighted by Crippen LogP contribution is -2.34. The Kier molecular flexibility index (Phi) is 14.2. The van der Waals surface area contributed by atoms with Gasteiger partial charge in [0.25, 0.3) is 10.1 Å². The molecule has 0 aliphatic carbocycles. The monoisotopic (exact) mass is 408 g/mol. The van der Waals surface area contributed by atoms with Gasteiger partial charge in [0.1, 0.15) is 0 Å². The first-order valence-electron chi connectivity index (χ1n) is 9.97. The number of unbranched alkanes of at least 4 members (excludes halogenated alkanes) is 7. The molecule has 0 heterocycles. The standard InChI is InChI=1S/C19H36O7S/c1-4-5-6-7-8-9-10-11-13-26-19(21)17(27(22,23)24)15-18(20)25-14-12-16(2)3/h16-17H,4-15H2,1-3H3,(H,22,23,24). The normalized spacial score (nSPS) is 12.8. The van der Waals surface area contributed by atoms with Crippen LogP contribution in [0.2, 0.25) is 0 Å². The van der Waals surface area contributed by atoms with E-state index in [-0.39, 0.29) is 13.2 Å². The highest BCUT2D eigenvalue weighted by molar-refractivity contribution is 7.87. The summed E-state index contributed by atoms with van der Waals surface area (Å²) in [6.07, 6.45) is 8.42. The third-order valence-corrected chi connectivity index (χ3v) is 5.25. The third-order valence-electron chi connectivity index (χ3n) is 4.17. The van der Waals surface area contributed by atoms with Gasteiger partial charge >= 0.3 is 11.9 Å². The third kappa shape index (κ3) is 14.6. The maximum absolute atomic E-state index is 11.9. The van der Waals surface area contributed by atoms with E-state index < -0.39 is 33.7 Å². The van der Waals surface area contributed by atoms with E-state index in [0.717, 1.165) is 19.3 Å². The van der Waals surface area contributed by atoms with Crippen molar-refractivity contribution in [3.63, 3.8) is 0 Å². The van der Waals surface area contributed by atoms with Gasteiger partial charge in [0.2, 0.25) is 0 Å². The molecule has 0 aromatic carbocycles. The quantitative estimate of drug-likeness (QED) is 0.234. The van der Waals surface area contributed by atoms with Crippen LogP contribution in [0.4, 0.5) is 0 Å². The minimum atomic E-state index is -4.74. The van der Waals surface area contributed by atoms with Crippen LogP contribution < -0.4 is 0 Å². The Hall–Kier alpha value is -1.15. The molecule has 0 amide bonds. The Labute approximate surface area is 163 Å². The molecule has 1 unspecified atom stereocenters. The molecule has 0 bridgehead atoms. The first kappa shape index (κ1) is 25.9. The molecule has 0 spiro atoms. The van der Waals surface area contributed by atoms with Gasteiger partial charge in [0, 0.05) is 0 Å². The number of esters is 2. The molecular weight excluding hydrogens is 372 g/mol. The van der Waals surface area contributed by atoms with E-state index in [1.165, 1.54) is 25.7 Å². The van der Waals surface area contributed by atoms with Crippen molar-refractivity contribution in [1.29, 1.82) is 0 Å². The van der Waals surface area contributed by atoms with Crippen LogP contribution in [0, 0.1) is 5.92 Å². The Morgan fingerprint density at radius 3 is 1.96 bits per heavy atom. The Morgan fingerprint density at radius 2 is 1.44 bits per heavy atom. The summed E-state index contributed by atoms with van der Waals surface area (Å²) in [4.78, 5) is 23.6. The van der Waals surface area contributed by atoms with Crippen molar-refractivity contribution in [3.8, 4) is 0 Å². The lowest BCUT2D eigenvalue weighted by atomic mass is 10.1. The van der Waals surface area contributed by atoms with Crippen molar-refractivity contribution in [2.45, 2.75) is 90.2 Å². The predicted molar refractivity (Wildman–Crippen MR) is 104 cm³/mol. The minimum Gasteiger partial charge on any atom is -0.466 e. The lowest BCUT2D eigenvalue weighted by Gasteiger charge is -2.13. The first-order chi connectivity index (χ1) is 12.7. The second-order valence-corrected chi connectivity index (χ2v) is 8.85. The smallest absolute Gasteiger partial charge is 0.327 e. The number of carbonyl (C=O) groups excluding carboxylic acids is 2. The largest absolute Gasteiger partial charge is 0.466 e. The molecule has 160 valence electrons. The Bertz CT molecular complexity index is 514. The van der Waals surface area contributed by atoms with Gasteiger partial charge < -0.3 is 9.47 Å². The molecule has 7 nitrogen and oxygen atoms in total. The topological polar surface area (TPSA) is 107 Å². The second kappa shape index (κ2) is 14.9. The maximum atomic E-state index is 11.9. The lowest BCUT2D eigenvalue weighted by molar-refractivity contribution is -0.150. The van der Waals surface area contributed by atoms with E-state index in [9.17, 15) is 22.6 Å². The molecule has 27 heavy (non-hydrogen) atoms. The summed E-state index contributed by atoms with van der Waals surface area (Å²) in [7, 11) is -4.74. The van der Waals surface area contributed by atoms with Gasteiger partial charge in [-0.25, -0.2) is 0 Å². The molecule has 0 fully saturated rings. The summed E-state index contributed by atoms with van der Waals surface area (Å²) in [5, 5.41) is -1.93. The summed E-state index contributed by atoms with van der Waals surface area (Å²) >= 11 is 0. The average molecular weight is 409 g/mol. The highest BCUT2D eigenvalue weighted by atomic mass is 32.2. The van der Waals surface area contributed by atoms with Gasteiger partial charge in [-0.2, -0.15) is 8.42 Å². The molecule has 0 aliphatic heterocycles. The van der Waals surface area contributed by atoms with E-state index in [1.807, 2.05) is 13.8 Å². The van der Waals surface area contributed by atoms with Gasteiger partial charge in [-0.15, -0.1) is 0 Å². The molecule has 0 radical (unpaired) electrons. The van der Waals surface area contributed by atoms with Crippen LogP contribution in [0.25, 0.3) is 0 Å². The van der Waals surface area contributed by atoms with Crippen molar-refractivity contribution in [2.24, 2.45) is 5.92 Å². The fourth-order valence-electron chi connectivity index (χ4n) is 2.43. The number of hydrogen-bond donors (Lipinski definition) is 1. The second-order valence-electron chi connectivity index (χ2n) is 7.25. The molecule has 0 rings (SSSR count).